The molecule has 1 aromatic carbocycles. The molecule has 3 fully saturated rings. The molecule has 4 rings (SSSR count). The number of nitrogens with one attached hydrogen (secondary N) is 3. The van der Waals surface area contributed by atoms with Crippen LogP contribution in [0.5, 0.6) is 0 Å². The highest BCUT2D eigenvalue weighted by Crippen LogP contribution is 2.31. The monoisotopic (exact) mass is 795 g/mol. The first-order valence-electron chi connectivity index (χ1n) is 22.2. The Bertz CT molecular complexity index is 1420. The predicted octanol–water partition coefficient (Wildman–Crippen LogP) is 3.14. The van der Waals surface area contributed by atoms with Crippen molar-refractivity contribution in [3.8, 4) is 0 Å². The minimum Gasteiger partial charge on any atom is -0.355 e. The number of hydrogen-bond donors (Lipinski definition) is 7. The Morgan fingerprint density at radius 2 is 1.40 bits per heavy atom. The van der Waals surface area contributed by atoms with Crippen LogP contribution in [-0.4, -0.2) is 96.6 Å². The van der Waals surface area contributed by atoms with E-state index in [0.29, 0.717) is 95.7 Å². The van der Waals surface area contributed by atoms with E-state index in [1.807, 2.05) is 30.3 Å². The van der Waals surface area contributed by atoms with E-state index in [-0.39, 0.29) is 24.1 Å². The Morgan fingerprint density at radius 3 is 2.02 bits per heavy atom. The normalized spacial score (nSPS) is 21.2. The zero-order valence-corrected chi connectivity index (χ0v) is 34.7. The predicted molar refractivity (Wildman–Crippen MR) is 225 cm³/mol. The number of likely N-dealkylation sites (N-methyl/N-ethyl adjacent to an activating group) is 1. The molecule has 320 valence electrons. The van der Waals surface area contributed by atoms with Crippen LogP contribution in [0.25, 0.3) is 0 Å². The van der Waals surface area contributed by atoms with E-state index >= 15 is 0 Å². The van der Waals surface area contributed by atoms with Crippen LogP contribution in [0.2, 0.25) is 0 Å². The van der Waals surface area contributed by atoms with E-state index in [1.165, 1.54) is 30.6 Å². The van der Waals surface area contributed by atoms with Crippen molar-refractivity contribution in [1.82, 2.24) is 20.9 Å². The number of carbonyl (C=O) groups is 5. The number of carbonyl (C=O) groups excluding carboxylic acids is 5. The van der Waals surface area contributed by atoms with Gasteiger partial charge in [0.15, 0.2) is 11.6 Å². The van der Waals surface area contributed by atoms with E-state index in [0.717, 1.165) is 44.1 Å². The van der Waals surface area contributed by atoms with Gasteiger partial charge in [0.25, 0.3) is 0 Å². The molecule has 0 aromatic heterocycles. The van der Waals surface area contributed by atoms with Crippen molar-refractivity contribution >= 4 is 29.3 Å². The minimum absolute atomic E-state index is 0.0472. The SMILES string of the molecule is CN[C@@H](Cc1ccccc1)C(=O)N[C@@H](CCCCN)C(=O)N1CCC[C@H]1C(=O)C(N)(CCCCNC(=O)[C@@H](N)CC1CCCCC1)C(=O)[C@H](N)CC1CCCCC1. The van der Waals surface area contributed by atoms with Gasteiger partial charge in [-0.25, -0.2) is 0 Å². The van der Waals surface area contributed by atoms with Crippen molar-refractivity contribution in [1.29, 1.82) is 0 Å². The summed E-state index contributed by atoms with van der Waals surface area (Å²) in [7, 11) is 1.71. The lowest BCUT2D eigenvalue weighted by atomic mass is 9.75. The van der Waals surface area contributed by atoms with Gasteiger partial charge in [-0.1, -0.05) is 94.5 Å². The quantitative estimate of drug-likeness (QED) is 0.0598. The first-order valence-corrected chi connectivity index (χ1v) is 22.2. The fourth-order valence-corrected chi connectivity index (χ4v) is 9.35. The Hall–Kier alpha value is -3.23. The molecule has 0 spiro atoms. The van der Waals surface area contributed by atoms with Gasteiger partial charge in [0.1, 0.15) is 11.6 Å². The summed E-state index contributed by atoms with van der Waals surface area (Å²) < 4.78 is 0. The third-order valence-electron chi connectivity index (χ3n) is 12.8. The Labute approximate surface area is 341 Å². The van der Waals surface area contributed by atoms with Gasteiger partial charge in [-0.05, 0) is 102 Å². The molecule has 13 heteroatoms. The maximum absolute atomic E-state index is 14.7. The lowest BCUT2D eigenvalue weighted by Gasteiger charge is -2.36. The van der Waals surface area contributed by atoms with Crippen molar-refractivity contribution in [3.63, 3.8) is 0 Å². The number of rotatable bonds is 24. The lowest BCUT2D eigenvalue weighted by molar-refractivity contribution is -0.145. The molecule has 3 amide bonds. The van der Waals surface area contributed by atoms with Gasteiger partial charge in [-0.15, -0.1) is 0 Å². The molecule has 6 atom stereocenters. The van der Waals surface area contributed by atoms with Gasteiger partial charge < -0.3 is 43.8 Å². The summed E-state index contributed by atoms with van der Waals surface area (Å²) in [6.45, 7) is 1.10. The summed E-state index contributed by atoms with van der Waals surface area (Å²) in [5.41, 5.74) is 24.7. The molecule has 57 heavy (non-hydrogen) atoms. The number of unbranched alkanes of at least 4 members (excludes halogenated alkanes) is 2. The molecule has 0 radical (unpaired) electrons. The van der Waals surface area contributed by atoms with Crippen LogP contribution in [0, 0.1) is 11.8 Å². The van der Waals surface area contributed by atoms with E-state index in [1.54, 1.807) is 7.05 Å². The molecule has 1 aliphatic heterocycles. The third-order valence-corrected chi connectivity index (χ3v) is 12.8. The number of Topliss-reactive ketones (excluding diaryl/α,β-unsaturated/α-hetero) is 2. The maximum atomic E-state index is 14.7. The number of nitrogens with zero attached hydrogens (tertiary/aromatic N) is 1. The molecular formula is C44H74N8O5. The summed E-state index contributed by atoms with van der Waals surface area (Å²) in [6.07, 6.45) is 16.3. The smallest absolute Gasteiger partial charge is 0.245 e. The van der Waals surface area contributed by atoms with E-state index < -0.39 is 47.3 Å². The van der Waals surface area contributed by atoms with Gasteiger partial charge >= 0.3 is 0 Å². The van der Waals surface area contributed by atoms with E-state index in [4.69, 9.17) is 22.9 Å². The van der Waals surface area contributed by atoms with Gasteiger partial charge in [0.05, 0.1) is 24.2 Å². The number of likely N-dealkylation sites (tertiary alicyclic amines) is 1. The molecule has 0 bridgehead atoms. The fraction of sp³-hybridized carbons (Fsp3) is 0.750. The zero-order valence-electron chi connectivity index (χ0n) is 34.7. The fourth-order valence-electron chi connectivity index (χ4n) is 9.35. The molecule has 11 N–H and O–H groups in total. The highest BCUT2D eigenvalue weighted by molar-refractivity contribution is 6.15. The summed E-state index contributed by atoms with van der Waals surface area (Å²) in [4.78, 5) is 71.5. The average molecular weight is 795 g/mol. The van der Waals surface area contributed by atoms with Crippen molar-refractivity contribution < 1.29 is 24.0 Å². The summed E-state index contributed by atoms with van der Waals surface area (Å²) in [6, 6.07) is 5.80. The van der Waals surface area contributed by atoms with E-state index in [2.05, 4.69) is 16.0 Å². The molecular weight excluding hydrogens is 721 g/mol. The second kappa shape index (κ2) is 24.0. The lowest BCUT2D eigenvalue weighted by Crippen LogP contribution is -2.65. The Morgan fingerprint density at radius 1 is 0.772 bits per heavy atom. The summed E-state index contributed by atoms with van der Waals surface area (Å²) in [5.74, 6) is -1.06. The summed E-state index contributed by atoms with van der Waals surface area (Å²) in [5, 5.41) is 9.02. The molecule has 1 heterocycles. The van der Waals surface area contributed by atoms with Crippen molar-refractivity contribution in [2.24, 2.45) is 34.8 Å². The van der Waals surface area contributed by atoms with Crippen LogP contribution >= 0.6 is 0 Å². The number of amides is 3. The maximum Gasteiger partial charge on any atom is 0.245 e. The van der Waals surface area contributed by atoms with Gasteiger partial charge in [-0.2, -0.15) is 0 Å². The third kappa shape index (κ3) is 13.9. The molecule has 1 unspecified atom stereocenters. The molecule has 1 aromatic rings. The highest BCUT2D eigenvalue weighted by Gasteiger charge is 2.50. The molecule has 3 aliphatic rings. The van der Waals surface area contributed by atoms with Crippen LogP contribution in [-0.2, 0) is 30.4 Å². The highest BCUT2D eigenvalue weighted by atomic mass is 16.2. The van der Waals surface area contributed by atoms with Crippen LogP contribution < -0.4 is 38.9 Å². The van der Waals surface area contributed by atoms with Gasteiger partial charge in [0.2, 0.25) is 17.7 Å². The van der Waals surface area contributed by atoms with E-state index in [9.17, 15) is 24.0 Å². The molecule has 1 saturated heterocycles. The number of benzene rings is 1. The second-order valence-corrected chi connectivity index (χ2v) is 17.2. The number of hydrogen-bond acceptors (Lipinski definition) is 10. The topological polar surface area (TPSA) is 229 Å². The minimum atomic E-state index is -1.91. The van der Waals surface area contributed by atoms with Gasteiger partial charge in [-0.3, -0.25) is 24.0 Å². The largest absolute Gasteiger partial charge is 0.355 e. The Kier molecular flexibility index (Phi) is 19.6. The van der Waals surface area contributed by atoms with Gasteiger partial charge in [0, 0.05) is 13.1 Å². The first kappa shape index (κ1) is 46.5. The average Bonchev–Trinajstić information content (AvgIpc) is 3.72. The van der Waals surface area contributed by atoms with Crippen LogP contribution in [0.3, 0.4) is 0 Å². The van der Waals surface area contributed by atoms with Crippen molar-refractivity contribution in [2.75, 3.05) is 26.7 Å². The Balaban J connectivity index is 1.46. The number of ketones is 2. The van der Waals surface area contributed by atoms with Crippen LogP contribution in [0.15, 0.2) is 30.3 Å². The second-order valence-electron chi connectivity index (χ2n) is 17.2. The van der Waals surface area contributed by atoms with Crippen molar-refractivity contribution in [3.05, 3.63) is 35.9 Å². The van der Waals surface area contributed by atoms with Crippen molar-refractivity contribution in [2.45, 2.75) is 171 Å². The molecule has 2 aliphatic carbocycles. The van der Waals surface area contributed by atoms with Crippen LogP contribution in [0.4, 0.5) is 0 Å². The summed E-state index contributed by atoms with van der Waals surface area (Å²) >= 11 is 0. The standard InChI is InChI=1S/C44H74N8O5/c1-49-37(30-33-20-9-4-10-21-33)42(56)51-36(22-11-13-25-45)43(57)52-27-15-23-38(52)40(54)44(48,39(53)34(46)28-31-16-5-2-6-17-31)24-12-14-26-50-41(55)35(47)29-32-18-7-3-8-19-32/h4,9-10,20-21,31-32,34-38,49H,2-3,5-8,11-19,22-30,45-48H2,1H3,(H,50,55)(H,51,56)/t34-,35+,36+,37+,38+,44?/m1/s1. The molecule has 2 saturated carbocycles. The zero-order chi connectivity index (χ0) is 41.2. The first-order chi connectivity index (χ1) is 27.5. The molecule has 13 nitrogen and oxygen atoms in total. The van der Waals surface area contributed by atoms with Crippen LogP contribution in [0.1, 0.15) is 134 Å². The number of nitrogens with two attached hydrogens (primary N) is 4.